The average molecular weight is 218 g/mol. The van der Waals surface area contributed by atoms with E-state index in [1.54, 1.807) is 0 Å². The number of rotatable bonds is 4. The maximum Gasteiger partial charge on any atom is 0.165 e. The number of hydrogen-bond acceptors (Lipinski definition) is 1. The maximum absolute atomic E-state index is 11.8. The van der Waals surface area contributed by atoms with Crippen molar-refractivity contribution in [1.29, 1.82) is 0 Å². The molecule has 0 fully saturated rings. The third kappa shape index (κ3) is 2.94. The van der Waals surface area contributed by atoms with Crippen molar-refractivity contribution >= 4 is 5.78 Å². The van der Waals surface area contributed by atoms with Gasteiger partial charge in [0.25, 0.3) is 0 Å². The maximum atomic E-state index is 11.8. The van der Waals surface area contributed by atoms with Crippen LogP contribution in [0.25, 0.3) is 0 Å². The third-order valence-electron chi connectivity index (χ3n) is 3.25. The fraction of sp³-hybridized carbons (Fsp3) is 0.533. The van der Waals surface area contributed by atoms with E-state index in [4.69, 9.17) is 0 Å². The van der Waals surface area contributed by atoms with E-state index in [2.05, 4.69) is 32.9 Å². The smallest absolute Gasteiger partial charge is 0.165 e. The lowest BCUT2D eigenvalue weighted by atomic mass is 9.89. The van der Waals surface area contributed by atoms with Gasteiger partial charge in [0.2, 0.25) is 0 Å². The van der Waals surface area contributed by atoms with Crippen LogP contribution in [0.3, 0.4) is 0 Å². The van der Waals surface area contributed by atoms with Gasteiger partial charge in [-0.2, -0.15) is 0 Å². The average Bonchev–Trinajstić information content (AvgIpc) is 2.27. The Hall–Kier alpha value is -1.11. The molecule has 0 spiro atoms. The predicted octanol–water partition coefficient (Wildman–Crippen LogP) is 4.28. The topological polar surface area (TPSA) is 17.1 Å². The summed E-state index contributed by atoms with van der Waals surface area (Å²) in [5.41, 5.74) is 2.14. The first kappa shape index (κ1) is 13.0. The molecule has 0 amide bonds. The number of carbonyl (C=O) groups excluding carboxylic acids is 1. The van der Waals surface area contributed by atoms with Crippen LogP contribution in [0.5, 0.6) is 0 Å². The molecular weight excluding hydrogens is 196 g/mol. The van der Waals surface area contributed by atoms with Gasteiger partial charge in [0.15, 0.2) is 5.78 Å². The van der Waals surface area contributed by atoms with Crippen molar-refractivity contribution in [3.63, 3.8) is 0 Å². The Bertz CT molecular complexity index is 346. The molecule has 1 heteroatoms. The zero-order chi connectivity index (χ0) is 12.3. The summed E-state index contributed by atoms with van der Waals surface area (Å²) >= 11 is 0. The molecular formula is C15H22O. The molecule has 0 saturated carbocycles. The second kappa shape index (κ2) is 5.29. The van der Waals surface area contributed by atoms with Gasteiger partial charge in [-0.05, 0) is 17.4 Å². The minimum atomic E-state index is 0.0772. The molecule has 1 nitrogen and oxygen atoms in total. The van der Waals surface area contributed by atoms with Crippen molar-refractivity contribution in [3.8, 4) is 0 Å². The van der Waals surface area contributed by atoms with E-state index in [1.165, 1.54) is 5.56 Å². The van der Waals surface area contributed by atoms with Crippen molar-refractivity contribution in [2.75, 3.05) is 0 Å². The highest BCUT2D eigenvalue weighted by molar-refractivity contribution is 5.97. The molecule has 0 saturated heterocycles. The van der Waals surface area contributed by atoms with E-state index >= 15 is 0 Å². The van der Waals surface area contributed by atoms with Crippen LogP contribution in [0, 0.1) is 11.8 Å². The van der Waals surface area contributed by atoms with Crippen molar-refractivity contribution in [2.24, 2.45) is 11.8 Å². The summed E-state index contributed by atoms with van der Waals surface area (Å²) in [7, 11) is 0. The first-order chi connectivity index (χ1) is 7.43. The number of hydrogen-bond donors (Lipinski definition) is 0. The van der Waals surface area contributed by atoms with Crippen LogP contribution in [-0.4, -0.2) is 5.78 Å². The molecule has 0 aliphatic rings. The van der Waals surface area contributed by atoms with Gasteiger partial charge in [-0.15, -0.1) is 0 Å². The Kier molecular flexibility index (Phi) is 4.28. The van der Waals surface area contributed by atoms with E-state index in [-0.39, 0.29) is 11.7 Å². The molecule has 0 radical (unpaired) electrons. The molecule has 0 N–H and O–H groups in total. The lowest BCUT2D eigenvalue weighted by molar-refractivity contribution is 0.0939. The van der Waals surface area contributed by atoms with Crippen molar-refractivity contribution in [2.45, 2.75) is 40.5 Å². The van der Waals surface area contributed by atoms with Gasteiger partial charge in [0.05, 0.1) is 0 Å². The van der Waals surface area contributed by atoms with Crippen LogP contribution in [0.15, 0.2) is 24.3 Å². The Morgan fingerprint density at radius 1 is 0.938 bits per heavy atom. The summed E-state index contributed by atoms with van der Waals surface area (Å²) in [6.07, 6.45) is 0. The Morgan fingerprint density at radius 2 is 1.44 bits per heavy atom. The number of carbonyl (C=O) groups is 1. The third-order valence-corrected chi connectivity index (χ3v) is 3.25. The summed E-state index contributed by atoms with van der Waals surface area (Å²) in [4.78, 5) is 11.8. The summed E-state index contributed by atoms with van der Waals surface area (Å²) in [5, 5.41) is 0. The zero-order valence-electron chi connectivity index (χ0n) is 10.9. The predicted molar refractivity (Wildman–Crippen MR) is 68.9 cm³/mol. The molecule has 0 aliphatic heterocycles. The summed E-state index contributed by atoms with van der Waals surface area (Å²) < 4.78 is 0. The van der Waals surface area contributed by atoms with E-state index in [9.17, 15) is 4.79 Å². The molecule has 0 heterocycles. The minimum absolute atomic E-state index is 0.0772. The molecule has 88 valence electrons. The number of benzene rings is 1. The highest BCUT2D eigenvalue weighted by atomic mass is 16.1. The first-order valence-corrected chi connectivity index (χ1v) is 6.07. The molecule has 1 rings (SSSR count). The highest BCUT2D eigenvalue weighted by Gasteiger charge is 2.12. The molecule has 0 aromatic heterocycles. The minimum Gasteiger partial charge on any atom is -0.294 e. The van der Waals surface area contributed by atoms with Crippen molar-refractivity contribution in [1.82, 2.24) is 0 Å². The second-order valence-corrected chi connectivity index (χ2v) is 5.17. The SMILES string of the molecule is CC(C)C(=O)c1ccc(C(C)C(C)C)cc1. The Balaban J connectivity index is 2.87. The van der Waals surface area contributed by atoms with Gasteiger partial charge in [-0.25, -0.2) is 0 Å². The van der Waals surface area contributed by atoms with E-state index in [0.717, 1.165) is 5.56 Å². The fourth-order valence-corrected chi connectivity index (χ4v) is 1.67. The van der Waals surface area contributed by atoms with Gasteiger partial charge in [0, 0.05) is 11.5 Å². The highest BCUT2D eigenvalue weighted by Crippen LogP contribution is 2.24. The second-order valence-electron chi connectivity index (χ2n) is 5.17. The molecule has 1 aromatic carbocycles. The van der Waals surface area contributed by atoms with Gasteiger partial charge in [-0.3, -0.25) is 4.79 Å². The molecule has 16 heavy (non-hydrogen) atoms. The zero-order valence-corrected chi connectivity index (χ0v) is 10.9. The lowest BCUT2D eigenvalue weighted by Crippen LogP contribution is -2.08. The molecule has 1 atom stereocenters. The van der Waals surface area contributed by atoms with Crippen LogP contribution in [0.2, 0.25) is 0 Å². The van der Waals surface area contributed by atoms with E-state index in [1.807, 2.05) is 26.0 Å². The van der Waals surface area contributed by atoms with Crippen LogP contribution in [0.4, 0.5) is 0 Å². The summed E-state index contributed by atoms with van der Waals surface area (Å²) in [5.74, 6) is 1.48. The quantitative estimate of drug-likeness (QED) is 0.689. The Morgan fingerprint density at radius 3 is 1.81 bits per heavy atom. The van der Waals surface area contributed by atoms with Gasteiger partial charge in [-0.1, -0.05) is 58.9 Å². The summed E-state index contributed by atoms with van der Waals surface area (Å²) in [6.45, 7) is 10.5. The van der Waals surface area contributed by atoms with Crippen LogP contribution < -0.4 is 0 Å². The van der Waals surface area contributed by atoms with Crippen LogP contribution >= 0.6 is 0 Å². The van der Waals surface area contributed by atoms with Gasteiger partial charge >= 0.3 is 0 Å². The number of Topliss-reactive ketones (excluding diaryl/α,β-unsaturated/α-hetero) is 1. The van der Waals surface area contributed by atoms with E-state index in [0.29, 0.717) is 11.8 Å². The van der Waals surface area contributed by atoms with E-state index < -0.39 is 0 Å². The largest absolute Gasteiger partial charge is 0.294 e. The Labute approximate surface area is 98.9 Å². The standard InChI is InChI=1S/C15H22O/c1-10(2)12(5)13-6-8-14(9-7-13)15(16)11(3)4/h6-12H,1-5H3. The van der Waals surface area contributed by atoms with Crippen molar-refractivity contribution in [3.05, 3.63) is 35.4 Å². The number of ketones is 1. The van der Waals surface area contributed by atoms with Crippen LogP contribution in [0.1, 0.15) is 56.5 Å². The normalized spacial score (nSPS) is 13.2. The van der Waals surface area contributed by atoms with Gasteiger partial charge < -0.3 is 0 Å². The van der Waals surface area contributed by atoms with Crippen molar-refractivity contribution < 1.29 is 4.79 Å². The summed E-state index contributed by atoms with van der Waals surface area (Å²) in [6, 6.07) is 8.08. The fourth-order valence-electron chi connectivity index (χ4n) is 1.67. The van der Waals surface area contributed by atoms with Crippen LogP contribution in [-0.2, 0) is 0 Å². The lowest BCUT2D eigenvalue weighted by Gasteiger charge is -2.16. The molecule has 0 bridgehead atoms. The molecule has 1 unspecified atom stereocenters. The molecule has 0 aliphatic carbocycles. The monoisotopic (exact) mass is 218 g/mol. The molecule has 1 aromatic rings. The first-order valence-electron chi connectivity index (χ1n) is 6.07. The van der Waals surface area contributed by atoms with Gasteiger partial charge in [0.1, 0.15) is 0 Å².